The van der Waals surface area contributed by atoms with Gasteiger partial charge in [0.25, 0.3) is 0 Å². The molecule has 0 spiro atoms. The molecule has 2 aliphatic carbocycles. The molecule has 0 nitrogen and oxygen atoms in total. The normalized spacial score (nSPS) is 14.2. The molecule has 0 radical (unpaired) electrons. The summed E-state index contributed by atoms with van der Waals surface area (Å²) in [6, 6.07) is 44.5. The molecule has 4 aromatic rings. The molecule has 200 valence electrons. The van der Waals surface area contributed by atoms with Crippen LogP contribution >= 0.6 is 24.8 Å². The second-order valence-electron chi connectivity index (χ2n) is 10.2. The standard InChI is InChI=1S/2C17H13.C2H6Si.2ClH.Zr/c2*1-3-8-14(9-4-1)16-12-7-13-17(16)15-10-5-2-6-11-15;1-3-2;;;/h2*1-6,8-12H,7H2;1-2H3;2*1H;. The largest absolute Gasteiger partial charge is 0.147 e. The molecule has 0 N–H and O–H groups in total. The summed E-state index contributed by atoms with van der Waals surface area (Å²) in [4.78, 5) is 0. The smallest absolute Gasteiger partial charge is 0.147 e. The van der Waals surface area contributed by atoms with Gasteiger partial charge in [0.2, 0.25) is 0 Å². The maximum atomic E-state index is 2.59. The van der Waals surface area contributed by atoms with Crippen LogP contribution in [0.15, 0.2) is 140 Å². The number of allylic oxidation sites excluding steroid dienone is 8. The number of halogens is 2. The maximum Gasteiger partial charge on any atom is -0.147 e. The molecular formula is C36H34Cl2SiZr. The SMILES string of the molecule is C[Si](C)=[Zr]([C]1=C(c2ccccc2)C(c2ccccc2)=CC1)[C]1=C(c2ccccc2)C(c2ccccc2)=CC1.Cl.Cl. The van der Waals surface area contributed by atoms with Crippen LogP contribution in [0.1, 0.15) is 35.1 Å². The molecule has 0 amide bonds. The molecule has 0 heterocycles. The Labute approximate surface area is 259 Å². The molecule has 0 bridgehead atoms. The van der Waals surface area contributed by atoms with Gasteiger partial charge in [0, 0.05) is 0 Å². The van der Waals surface area contributed by atoms with Crippen molar-refractivity contribution >= 4 is 52.5 Å². The van der Waals surface area contributed by atoms with E-state index in [0.717, 1.165) is 12.8 Å². The van der Waals surface area contributed by atoms with Crippen LogP contribution in [-0.4, -0.2) is 5.43 Å². The molecule has 0 saturated heterocycles. The van der Waals surface area contributed by atoms with Gasteiger partial charge >= 0.3 is 236 Å². The summed E-state index contributed by atoms with van der Waals surface area (Å²) in [6.07, 6.45) is 7.26. The molecule has 0 unspecified atom stereocenters. The van der Waals surface area contributed by atoms with Crippen molar-refractivity contribution in [2.75, 3.05) is 0 Å². The van der Waals surface area contributed by atoms with Crippen LogP contribution in [0.25, 0.3) is 22.3 Å². The first-order valence-corrected chi connectivity index (χ1v) is 22.1. The van der Waals surface area contributed by atoms with Crippen molar-refractivity contribution in [3.05, 3.63) is 162 Å². The molecule has 40 heavy (non-hydrogen) atoms. The minimum Gasteiger partial charge on any atom is -0.147 e. The van der Waals surface area contributed by atoms with E-state index in [0.29, 0.717) is 0 Å². The van der Waals surface area contributed by atoms with Gasteiger partial charge in [-0.2, -0.15) is 0 Å². The number of rotatable bonds is 6. The minimum absolute atomic E-state index is 0. The third-order valence-electron chi connectivity index (χ3n) is 7.56. The van der Waals surface area contributed by atoms with Crippen molar-refractivity contribution in [2.45, 2.75) is 25.9 Å². The van der Waals surface area contributed by atoms with Gasteiger partial charge in [-0.1, -0.05) is 0 Å². The summed E-state index contributed by atoms with van der Waals surface area (Å²) in [6.45, 7) is 5.18. The third-order valence-corrected chi connectivity index (χ3v) is 24.7. The van der Waals surface area contributed by atoms with Crippen LogP contribution < -0.4 is 0 Å². The predicted molar refractivity (Wildman–Crippen MR) is 177 cm³/mol. The van der Waals surface area contributed by atoms with Gasteiger partial charge in [0.15, 0.2) is 0 Å². The van der Waals surface area contributed by atoms with Crippen molar-refractivity contribution in [1.29, 1.82) is 0 Å². The molecule has 6 rings (SSSR count). The second-order valence-corrected chi connectivity index (χ2v) is 27.3. The molecule has 0 aromatic heterocycles. The quantitative estimate of drug-likeness (QED) is 0.181. The molecule has 4 aromatic carbocycles. The van der Waals surface area contributed by atoms with E-state index in [1.165, 1.54) is 44.5 Å². The summed E-state index contributed by atoms with van der Waals surface area (Å²) in [5, 5.41) is 0. The first-order chi connectivity index (χ1) is 18.7. The zero-order chi connectivity index (χ0) is 25.9. The van der Waals surface area contributed by atoms with E-state index in [1.54, 1.807) is 6.56 Å². The Kier molecular flexibility index (Phi) is 10.6. The Morgan fingerprint density at radius 2 is 0.750 bits per heavy atom. The van der Waals surface area contributed by atoms with E-state index in [2.05, 4.69) is 147 Å². The first kappa shape index (κ1) is 30.5. The molecule has 2 aliphatic rings. The fourth-order valence-corrected chi connectivity index (χ4v) is 23.8. The van der Waals surface area contributed by atoms with E-state index in [9.17, 15) is 0 Å². The van der Waals surface area contributed by atoms with Gasteiger partial charge in [0.05, 0.1) is 0 Å². The summed E-state index contributed by atoms with van der Waals surface area (Å²) in [7, 11) is 0. The van der Waals surface area contributed by atoms with Crippen LogP contribution in [0.3, 0.4) is 0 Å². The van der Waals surface area contributed by atoms with Crippen LogP contribution in [0.5, 0.6) is 0 Å². The fraction of sp³-hybridized carbons (Fsp3) is 0.111. The number of hydrogen-bond acceptors (Lipinski definition) is 0. The zero-order valence-corrected chi connectivity index (χ0v) is 28.0. The summed E-state index contributed by atoms with van der Waals surface area (Å²) < 4.78 is 3.59. The molecule has 4 heteroatoms. The van der Waals surface area contributed by atoms with Crippen molar-refractivity contribution in [1.82, 2.24) is 0 Å². The topological polar surface area (TPSA) is 0 Å². The van der Waals surface area contributed by atoms with Gasteiger partial charge in [-0.3, -0.25) is 0 Å². The van der Waals surface area contributed by atoms with E-state index >= 15 is 0 Å². The Morgan fingerprint density at radius 1 is 0.450 bits per heavy atom. The van der Waals surface area contributed by atoms with Gasteiger partial charge in [0.1, 0.15) is 0 Å². The van der Waals surface area contributed by atoms with E-state index in [4.69, 9.17) is 0 Å². The van der Waals surface area contributed by atoms with Crippen LogP contribution in [-0.2, 0) is 20.4 Å². The Morgan fingerprint density at radius 3 is 1.05 bits per heavy atom. The van der Waals surface area contributed by atoms with E-state index < -0.39 is 25.8 Å². The second kappa shape index (κ2) is 13.9. The zero-order valence-electron chi connectivity index (χ0n) is 22.9. The molecular weight excluding hydrogens is 623 g/mol. The van der Waals surface area contributed by atoms with Crippen molar-refractivity contribution in [2.24, 2.45) is 0 Å². The first-order valence-electron chi connectivity index (χ1n) is 13.5. The molecule has 0 aliphatic heterocycles. The van der Waals surface area contributed by atoms with Crippen molar-refractivity contribution < 1.29 is 20.4 Å². The summed E-state index contributed by atoms with van der Waals surface area (Å²) in [5.74, 6) is 0. The Bertz CT molecular complexity index is 1510. The average molecular weight is 657 g/mol. The van der Waals surface area contributed by atoms with Gasteiger partial charge in [-0.05, 0) is 0 Å². The monoisotopic (exact) mass is 654 g/mol. The van der Waals surface area contributed by atoms with Crippen LogP contribution in [0.2, 0.25) is 13.1 Å². The van der Waals surface area contributed by atoms with Crippen LogP contribution in [0, 0.1) is 0 Å². The Hall–Kier alpha value is -2.48. The van der Waals surface area contributed by atoms with Crippen LogP contribution in [0.4, 0.5) is 0 Å². The van der Waals surface area contributed by atoms with Crippen molar-refractivity contribution in [3.63, 3.8) is 0 Å². The van der Waals surface area contributed by atoms with Gasteiger partial charge in [-0.25, -0.2) is 0 Å². The van der Waals surface area contributed by atoms with E-state index in [1.807, 2.05) is 0 Å². The molecule has 0 saturated carbocycles. The fourth-order valence-electron chi connectivity index (χ4n) is 6.01. The van der Waals surface area contributed by atoms with Gasteiger partial charge < -0.3 is 0 Å². The summed E-state index contributed by atoms with van der Waals surface area (Å²) in [5.41, 5.74) is 10.9. The predicted octanol–water partition coefficient (Wildman–Crippen LogP) is 10.5. The third kappa shape index (κ3) is 6.07. The van der Waals surface area contributed by atoms with Crippen molar-refractivity contribution in [3.8, 4) is 0 Å². The van der Waals surface area contributed by atoms with Gasteiger partial charge in [-0.15, -0.1) is 24.8 Å². The van der Waals surface area contributed by atoms with E-state index in [-0.39, 0.29) is 24.8 Å². The molecule has 0 fully saturated rings. The average Bonchev–Trinajstić information content (AvgIpc) is 3.60. The number of benzene rings is 4. The minimum atomic E-state index is -2.22. The molecule has 0 atom stereocenters. The Balaban J connectivity index is 0.00000185. The summed E-state index contributed by atoms with van der Waals surface area (Å²) >= 11 is -2.22. The number of hydrogen-bond donors (Lipinski definition) is 0. The maximum absolute atomic E-state index is 2.59.